The van der Waals surface area contributed by atoms with E-state index in [0.717, 1.165) is 6.07 Å². The summed E-state index contributed by atoms with van der Waals surface area (Å²) in [5.74, 6) is -0.724. The van der Waals surface area contributed by atoms with E-state index in [9.17, 15) is 39.5 Å². The number of rotatable bonds is 5. The molecule has 0 atom stereocenters. The van der Waals surface area contributed by atoms with Crippen molar-refractivity contribution in [3.8, 4) is 5.75 Å². The third-order valence-corrected chi connectivity index (χ3v) is 6.87. The Bertz CT molecular complexity index is 1610. The molecular weight excluding hydrogens is 488 g/mol. The van der Waals surface area contributed by atoms with Gasteiger partial charge in [-0.05, 0) is 36.6 Å². The molecule has 0 saturated heterocycles. The van der Waals surface area contributed by atoms with Crippen molar-refractivity contribution >= 4 is 52.5 Å². The summed E-state index contributed by atoms with van der Waals surface area (Å²) in [4.78, 5) is -2.58. The second-order valence-corrected chi connectivity index (χ2v) is 10.8. The highest BCUT2D eigenvalue weighted by Gasteiger charge is 2.23. The topological polar surface area (TPSA) is 208 Å². The summed E-state index contributed by atoms with van der Waals surface area (Å²) < 4.78 is 97.6. The van der Waals surface area contributed by atoms with Crippen LogP contribution in [0.2, 0.25) is 0 Å². The van der Waals surface area contributed by atoms with Crippen LogP contribution in [0.25, 0.3) is 10.8 Å². The van der Waals surface area contributed by atoms with Crippen LogP contribution >= 0.6 is 0 Å². The second kappa shape index (κ2) is 7.88. The maximum atomic E-state index is 11.9. The lowest BCUT2D eigenvalue weighted by molar-refractivity contribution is 0.472. The molecule has 32 heavy (non-hydrogen) atoms. The highest BCUT2D eigenvalue weighted by atomic mass is 32.2. The Morgan fingerprint density at radius 2 is 1.34 bits per heavy atom. The zero-order valence-electron chi connectivity index (χ0n) is 15.9. The summed E-state index contributed by atoms with van der Waals surface area (Å²) >= 11 is 0. The van der Waals surface area contributed by atoms with Gasteiger partial charge in [-0.25, -0.2) is 0 Å². The smallest absolute Gasteiger partial charge is 0.296 e. The quantitative estimate of drug-likeness (QED) is 0.296. The lowest BCUT2D eigenvalue weighted by atomic mass is 10.1. The molecule has 0 aliphatic rings. The van der Waals surface area contributed by atoms with E-state index in [1.165, 1.54) is 12.1 Å². The molecule has 0 fully saturated rings. The molecule has 0 unspecified atom stereocenters. The summed E-state index contributed by atoms with van der Waals surface area (Å²) in [6, 6.07) is 7.42. The third-order valence-electron chi connectivity index (χ3n) is 4.25. The number of phenols is 1. The van der Waals surface area contributed by atoms with E-state index < -0.39 is 62.2 Å². The molecule has 3 aromatic rings. The summed E-state index contributed by atoms with van der Waals surface area (Å²) in [5, 5.41) is 17.9. The van der Waals surface area contributed by atoms with Gasteiger partial charge in [0.25, 0.3) is 30.4 Å². The van der Waals surface area contributed by atoms with Gasteiger partial charge in [-0.2, -0.15) is 25.3 Å². The monoisotopic (exact) mass is 502 g/mol. The van der Waals surface area contributed by atoms with Crippen molar-refractivity contribution in [3.05, 3.63) is 48.0 Å². The molecule has 0 radical (unpaired) electrons. The van der Waals surface area contributed by atoms with E-state index in [4.69, 9.17) is 4.55 Å². The van der Waals surface area contributed by atoms with Gasteiger partial charge >= 0.3 is 0 Å². The van der Waals surface area contributed by atoms with E-state index in [1.54, 1.807) is 13.0 Å². The van der Waals surface area contributed by atoms with Crippen molar-refractivity contribution in [2.45, 2.75) is 21.6 Å². The Hall–Kier alpha value is -2.95. The number of azo groups is 1. The number of phenolic OH excluding ortho intramolecular Hbond substituents is 1. The number of aromatic hydroxyl groups is 1. The minimum atomic E-state index is -4.95. The van der Waals surface area contributed by atoms with Crippen LogP contribution in [-0.2, 0) is 30.4 Å². The fraction of sp³-hybridized carbons (Fsp3) is 0.0588. The van der Waals surface area contributed by atoms with Crippen molar-refractivity contribution in [2.24, 2.45) is 10.2 Å². The average molecular weight is 503 g/mol. The van der Waals surface area contributed by atoms with Gasteiger partial charge in [0.15, 0.2) is 5.75 Å². The maximum Gasteiger partial charge on any atom is 0.296 e. The first kappa shape index (κ1) is 23.7. The fourth-order valence-corrected chi connectivity index (χ4v) is 4.58. The molecule has 4 N–H and O–H groups in total. The van der Waals surface area contributed by atoms with Crippen LogP contribution < -0.4 is 0 Å². The molecule has 0 amide bonds. The zero-order chi connectivity index (χ0) is 24.1. The van der Waals surface area contributed by atoms with Crippen LogP contribution in [0.15, 0.2) is 67.4 Å². The largest absolute Gasteiger partial charge is 0.505 e. The van der Waals surface area contributed by atoms with Gasteiger partial charge in [0.2, 0.25) is 0 Å². The van der Waals surface area contributed by atoms with E-state index in [2.05, 4.69) is 10.2 Å². The number of nitrogens with zero attached hydrogens (tertiary/aromatic N) is 2. The van der Waals surface area contributed by atoms with Crippen LogP contribution in [0.3, 0.4) is 0 Å². The first-order valence-corrected chi connectivity index (χ1v) is 12.7. The lowest BCUT2D eigenvalue weighted by Gasteiger charge is -2.10. The van der Waals surface area contributed by atoms with Gasteiger partial charge in [0.1, 0.15) is 21.2 Å². The SMILES string of the molecule is Cc1ccc2c(O)c(N=Nc3cc(S(=O)(=O)O)ccc3S(=O)(=O)O)c(S(=O)(=O)O)cc2c1. The molecule has 0 aromatic heterocycles. The first-order chi connectivity index (χ1) is 14.6. The summed E-state index contributed by atoms with van der Waals surface area (Å²) in [6.07, 6.45) is 0. The third kappa shape index (κ3) is 4.77. The van der Waals surface area contributed by atoms with Crippen molar-refractivity contribution < 1.29 is 44.0 Å². The highest BCUT2D eigenvalue weighted by molar-refractivity contribution is 7.86. The van der Waals surface area contributed by atoms with Gasteiger partial charge in [-0.3, -0.25) is 13.7 Å². The van der Waals surface area contributed by atoms with Crippen LogP contribution in [0.5, 0.6) is 5.75 Å². The Morgan fingerprint density at radius 1 is 0.719 bits per heavy atom. The molecule has 0 aliphatic carbocycles. The maximum absolute atomic E-state index is 11.9. The number of hydrogen-bond donors (Lipinski definition) is 4. The normalized spacial score (nSPS) is 13.1. The highest BCUT2D eigenvalue weighted by Crippen LogP contribution is 2.42. The average Bonchev–Trinajstić information content (AvgIpc) is 2.64. The van der Waals surface area contributed by atoms with Crippen molar-refractivity contribution in [1.29, 1.82) is 0 Å². The molecule has 0 bridgehead atoms. The Kier molecular flexibility index (Phi) is 5.83. The summed E-state index contributed by atoms with van der Waals surface area (Å²) in [6.45, 7) is 1.70. The Balaban J connectivity index is 2.34. The van der Waals surface area contributed by atoms with E-state index >= 15 is 0 Å². The molecule has 12 nitrogen and oxygen atoms in total. The van der Waals surface area contributed by atoms with E-state index in [-0.39, 0.29) is 10.8 Å². The van der Waals surface area contributed by atoms with Crippen molar-refractivity contribution in [3.63, 3.8) is 0 Å². The molecule has 0 spiro atoms. The van der Waals surface area contributed by atoms with E-state index in [0.29, 0.717) is 23.8 Å². The standard InChI is InChI=1S/C17H14N2O10S3/c1-9-2-4-12-10(6-9)7-15(32(27,28)29)16(17(12)20)19-18-13-8-11(30(21,22)23)3-5-14(13)31(24,25)26/h2-8,20H,1H3,(H,21,22,23)(H,24,25,26)(H,27,28,29). The van der Waals surface area contributed by atoms with Crippen LogP contribution in [0.1, 0.15) is 5.56 Å². The van der Waals surface area contributed by atoms with Crippen LogP contribution in [0, 0.1) is 6.92 Å². The molecule has 3 aromatic carbocycles. The molecule has 3 rings (SSSR count). The Labute approximate surface area is 182 Å². The predicted molar refractivity (Wildman–Crippen MR) is 110 cm³/mol. The predicted octanol–water partition coefficient (Wildman–Crippen LogP) is 3.01. The molecule has 15 heteroatoms. The summed E-state index contributed by atoms with van der Waals surface area (Å²) in [7, 11) is -14.7. The zero-order valence-corrected chi connectivity index (χ0v) is 18.3. The minimum absolute atomic E-state index is 0.124. The van der Waals surface area contributed by atoms with Gasteiger partial charge in [0, 0.05) is 5.39 Å². The lowest BCUT2D eigenvalue weighted by Crippen LogP contribution is -2.02. The minimum Gasteiger partial charge on any atom is -0.505 e. The van der Waals surface area contributed by atoms with Crippen LogP contribution in [-0.4, -0.2) is 44.0 Å². The van der Waals surface area contributed by atoms with Crippen molar-refractivity contribution in [2.75, 3.05) is 0 Å². The Morgan fingerprint density at radius 3 is 1.91 bits per heavy atom. The van der Waals surface area contributed by atoms with Crippen LogP contribution in [0.4, 0.5) is 11.4 Å². The van der Waals surface area contributed by atoms with Gasteiger partial charge < -0.3 is 5.11 Å². The van der Waals surface area contributed by atoms with Gasteiger partial charge in [0.05, 0.1) is 4.90 Å². The van der Waals surface area contributed by atoms with Gasteiger partial charge in [-0.1, -0.05) is 23.8 Å². The number of aryl methyl sites for hydroxylation is 1. The molecule has 0 heterocycles. The van der Waals surface area contributed by atoms with E-state index in [1.807, 2.05) is 0 Å². The summed E-state index contributed by atoms with van der Waals surface area (Å²) in [5.41, 5.74) is -0.859. The van der Waals surface area contributed by atoms with Crippen molar-refractivity contribution in [1.82, 2.24) is 0 Å². The number of fused-ring (bicyclic) bond motifs is 1. The number of benzene rings is 3. The molecular formula is C17H14N2O10S3. The second-order valence-electron chi connectivity index (χ2n) is 6.55. The molecule has 0 aliphatic heterocycles. The number of hydrogen-bond acceptors (Lipinski definition) is 9. The first-order valence-electron chi connectivity index (χ1n) is 8.33. The molecule has 170 valence electrons. The fourth-order valence-electron chi connectivity index (χ4n) is 2.82. The van der Waals surface area contributed by atoms with Gasteiger partial charge in [-0.15, -0.1) is 10.2 Å². The molecule has 0 saturated carbocycles.